The number of sulfone groups is 1. The fraction of sp³-hybridized carbons (Fsp3) is 0.389. The van der Waals surface area contributed by atoms with Crippen LogP contribution in [0.25, 0.3) is 0 Å². The van der Waals surface area contributed by atoms with E-state index in [1.807, 2.05) is 44.2 Å². The van der Waals surface area contributed by atoms with Crippen molar-refractivity contribution >= 4 is 27.6 Å². The Kier molecular flexibility index (Phi) is 5.59. The van der Waals surface area contributed by atoms with Crippen molar-refractivity contribution in [3.05, 3.63) is 47.3 Å². The van der Waals surface area contributed by atoms with Crippen molar-refractivity contribution in [2.75, 3.05) is 23.4 Å². The number of hydrogen-bond acceptors (Lipinski definition) is 6. The van der Waals surface area contributed by atoms with Crippen LogP contribution < -0.4 is 10.7 Å². The first kappa shape index (κ1) is 19.1. The van der Waals surface area contributed by atoms with Gasteiger partial charge in [0.25, 0.3) is 5.91 Å². The molecule has 1 aliphatic heterocycles. The number of benzene rings is 1. The molecule has 27 heavy (non-hydrogen) atoms. The molecule has 1 aromatic heterocycles. The molecular formula is C18H23N5O3S. The molecule has 0 radical (unpaired) electrons. The second kappa shape index (κ2) is 7.91. The first-order valence-corrected chi connectivity index (χ1v) is 10.5. The number of hydrogen-bond donors (Lipinski definition) is 2. The Bertz CT molecular complexity index is 951. The van der Waals surface area contributed by atoms with Gasteiger partial charge in [0.1, 0.15) is 0 Å². The highest BCUT2D eigenvalue weighted by Gasteiger charge is 2.31. The quantitative estimate of drug-likeness (QED) is 0.574. The van der Waals surface area contributed by atoms with E-state index in [1.54, 1.807) is 10.9 Å². The zero-order valence-corrected chi connectivity index (χ0v) is 16.2. The SMILES string of the molecule is Cc1nn([C@H]2CCS(=O)(=O)C2)c(C)c1/C=N\NC(=O)CNc1ccccc1. The number of hydrazone groups is 1. The number of carbonyl (C=O) groups is 1. The molecule has 1 atom stereocenters. The number of carbonyl (C=O) groups excluding carboxylic acids is 1. The molecule has 1 amide bonds. The fourth-order valence-corrected chi connectivity index (χ4v) is 4.82. The molecule has 0 spiro atoms. The highest BCUT2D eigenvalue weighted by Crippen LogP contribution is 2.26. The molecule has 0 aliphatic carbocycles. The summed E-state index contributed by atoms with van der Waals surface area (Å²) in [6.45, 7) is 3.83. The van der Waals surface area contributed by atoms with Gasteiger partial charge in [-0.2, -0.15) is 10.2 Å². The molecule has 1 saturated heterocycles. The third-order valence-electron chi connectivity index (χ3n) is 4.54. The van der Waals surface area contributed by atoms with Crippen molar-refractivity contribution in [2.45, 2.75) is 26.3 Å². The number of para-hydroxylation sites is 1. The molecular weight excluding hydrogens is 366 g/mol. The van der Waals surface area contributed by atoms with Crippen molar-refractivity contribution < 1.29 is 13.2 Å². The van der Waals surface area contributed by atoms with Crippen molar-refractivity contribution in [3.63, 3.8) is 0 Å². The summed E-state index contributed by atoms with van der Waals surface area (Å²) < 4.78 is 25.2. The van der Waals surface area contributed by atoms with Crippen molar-refractivity contribution in [3.8, 4) is 0 Å². The van der Waals surface area contributed by atoms with Gasteiger partial charge in [0, 0.05) is 16.9 Å². The minimum Gasteiger partial charge on any atom is -0.376 e. The van der Waals surface area contributed by atoms with E-state index >= 15 is 0 Å². The topological polar surface area (TPSA) is 105 Å². The van der Waals surface area contributed by atoms with Crippen LogP contribution in [-0.2, 0) is 14.6 Å². The van der Waals surface area contributed by atoms with Gasteiger partial charge in [0.15, 0.2) is 9.84 Å². The summed E-state index contributed by atoms with van der Waals surface area (Å²) in [5.41, 5.74) is 5.72. The second-order valence-corrected chi connectivity index (χ2v) is 8.83. The number of aryl methyl sites for hydroxylation is 1. The predicted molar refractivity (Wildman–Crippen MR) is 105 cm³/mol. The summed E-state index contributed by atoms with van der Waals surface area (Å²) in [6, 6.07) is 9.29. The van der Waals surface area contributed by atoms with Crippen LogP contribution in [-0.4, -0.2) is 48.4 Å². The molecule has 2 N–H and O–H groups in total. The molecule has 0 bridgehead atoms. The smallest absolute Gasteiger partial charge is 0.259 e. The molecule has 0 unspecified atom stereocenters. The summed E-state index contributed by atoms with van der Waals surface area (Å²) >= 11 is 0. The van der Waals surface area contributed by atoms with Crippen LogP contribution in [0.3, 0.4) is 0 Å². The van der Waals surface area contributed by atoms with Gasteiger partial charge >= 0.3 is 0 Å². The average Bonchev–Trinajstić information content (AvgIpc) is 3.14. The van der Waals surface area contributed by atoms with Gasteiger partial charge in [-0.1, -0.05) is 18.2 Å². The van der Waals surface area contributed by atoms with Crippen molar-refractivity contribution in [1.29, 1.82) is 0 Å². The lowest BCUT2D eigenvalue weighted by Crippen LogP contribution is -2.25. The Labute approximate surface area is 158 Å². The van der Waals surface area contributed by atoms with Gasteiger partial charge in [0.05, 0.1) is 36.0 Å². The van der Waals surface area contributed by atoms with E-state index in [-0.39, 0.29) is 30.0 Å². The van der Waals surface area contributed by atoms with Gasteiger partial charge in [0.2, 0.25) is 0 Å². The molecule has 2 heterocycles. The summed E-state index contributed by atoms with van der Waals surface area (Å²) in [5.74, 6) is 0.0526. The predicted octanol–water partition coefficient (Wildman–Crippen LogP) is 1.42. The van der Waals surface area contributed by atoms with Gasteiger partial charge < -0.3 is 5.32 Å². The minimum atomic E-state index is -2.98. The molecule has 8 nitrogen and oxygen atoms in total. The molecule has 144 valence electrons. The van der Waals surface area contributed by atoms with Crippen LogP contribution in [0.2, 0.25) is 0 Å². The maximum atomic E-state index is 11.9. The maximum absolute atomic E-state index is 11.9. The Morgan fingerprint density at radius 3 is 2.74 bits per heavy atom. The largest absolute Gasteiger partial charge is 0.376 e. The lowest BCUT2D eigenvalue weighted by molar-refractivity contribution is -0.119. The third-order valence-corrected chi connectivity index (χ3v) is 6.30. The van der Waals surface area contributed by atoms with E-state index in [4.69, 9.17) is 0 Å². The number of nitrogens with zero attached hydrogens (tertiary/aromatic N) is 3. The van der Waals surface area contributed by atoms with Gasteiger partial charge in [-0.3, -0.25) is 9.48 Å². The summed E-state index contributed by atoms with van der Waals surface area (Å²) in [7, 11) is -2.98. The van der Waals surface area contributed by atoms with E-state index in [0.717, 1.165) is 22.6 Å². The first-order chi connectivity index (χ1) is 12.9. The molecule has 1 aliphatic rings. The van der Waals surface area contributed by atoms with E-state index in [2.05, 4.69) is 20.9 Å². The highest BCUT2D eigenvalue weighted by atomic mass is 32.2. The zero-order chi connectivity index (χ0) is 19.4. The lowest BCUT2D eigenvalue weighted by atomic mass is 10.2. The molecule has 3 rings (SSSR count). The van der Waals surface area contributed by atoms with Crippen LogP contribution in [0.4, 0.5) is 5.69 Å². The monoisotopic (exact) mass is 389 g/mol. The van der Waals surface area contributed by atoms with Gasteiger partial charge in [-0.15, -0.1) is 0 Å². The number of rotatable bonds is 6. The number of nitrogens with one attached hydrogen (secondary N) is 2. The van der Waals surface area contributed by atoms with E-state index < -0.39 is 9.84 Å². The highest BCUT2D eigenvalue weighted by molar-refractivity contribution is 7.91. The number of anilines is 1. The van der Waals surface area contributed by atoms with Crippen LogP contribution in [0, 0.1) is 13.8 Å². The summed E-state index contributed by atoms with van der Waals surface area (Å²) in [4.78, 5) is 11.9. The second-order valence-electron chi connectivity index (χ2n) is 6.60. The Hall–Kier alpha value is -2.68. The van der Waals surface area contributed by atoms with Crippen LogP contribution in [0.15, 0.2) is 35.4 Å². The first-order valence-electron chi connectivity index (χ1n) is 8.72. The van der Waals surface area contributed by atoms with E-state index in [0.29, 0.717) is 6.42 Å². The number of amides is 1. The molecule has 1 aromatic carbocycles. The third kappa shape index (κ3) is 4.73. The zero-order valence-electron chi connectivity index (χ0n) is 15.3. The normalized spacial score (nSPS) is 18.7. The average molecular weight is 389 g/mol. The summed E-state index contributed by atoms with van der Waals surface area (Å²) in [5, 5.41) is 11.5. The Morgan fingerprint density at radius 2 is 2.07 bits per heavy atom. The standard InChI is InChI=1S/C18H23N5O3S/c1-13-17(14(2)23(22-13)16-8-9-27(25,26)12-16)10-20-21-18(24)11-19-15-6-4-3-5-7-15/h3-7,10,16,19H,8-9,11-12H2,1-2H3,(H,21,24)/b20-10-/t16-/m0/s1. The van der Waals surface area contributed by atoms with Crippen LogP contribution in [0.5, 0.6) is 0 Å². The van der Waals surface area contributed by atoms with E-state index in [9.17, 15) is 13.2 Å². The number of aromatic nitrogens is 2. The Morgan fingerprint density at radius 1 is 1.33 bits per heavy atom. The minimum absolute atomic E-state index is 0.110. The van der Waals surface area contributed by atoms with Gasteiger partial charge in [-0.05, 0) is 32.4 Å². The van der Waals surface area contributed by atoms with Crippen molar-refractivity contribution in [1.82, 2.24) is 15.2 Å². The molecule has 0 saturated carbocycles. The Balaban J connectivity index is 1.59. The lowest BCUT2D eigenvalue weighted by Gasteiger charge is -2.10. The maximum Gasteiger partial charge on any atom is 0.259 e. The van der Waals surface area contributed by atoms with Crippen LogP contribution >= 0.6 is 0 Å². The molecule has 9 heteroatoms. The fourth-order valence-electron chi connectivity index (χ4n) is 3.13. The molecule has 2 aromatic rings. The van der Waals surface area contributed by atoms with Crippen LogP contribution in [0.1, 0.15) is 29.4 Å². The van der Waals surface area contributed by atoms with Gasteiger partial charge in [-0.25, -0.2) is 13.8 Å². The van der Waals surface area contributed by atoms with E-state index in [1.165, 1.54) is 0 Å². The summed E-state index contributed by atoms with van der Waals surface area (Å²) in [6.07, 6.45) is 2.13. The van der Waals surface area contributed by atoms with Crippen molar-refractivity contribution in [2.24, 2.45) is 5.10 Å². The molecule has 1 fully saturated rings.